The molecule has 2 heterocycles. The maximum absolute atomic E-state index is 6.10. The molecule has 0 aromatic heterocycles. The zero-order valence-electron chi connectivity index (χ0n) is 18.6. The molecule has 2 fully saturated rings. The van der Waals surface area contributed by atoms with E-state index in [4.69, 9.17) is 23.9 Å². The van der Waals surface area contributed by atoms with Crippen LogP contribution in [-0.2, 0) is 9.47 Å². The predicted octanol–water partition coefficient (Wildman–Crippen LogP) is 3.09. The van der Waals surface area contributed by atoms with Crippen molar-refractivity contribution in [3.63, 3.8) is 0 Å². The van der Waals surface area contributed by atoms with E-state index in [0.717, 1.165) is 76.0 Å². The molecule has 0 radical (unpaired) electrons. The van der Waals surface area contributed by atoms with Gasteiger partial charge in [-0.3, -0.25) is 0 Å². The fourth-order valence-electron chi connectivity index (χ4n) is 3.84. The molecule has 0 aliphatic carbocycles. The van der Waals surface area contributed by atoms with E-state index < -0.39 is 0 Å². The Hall–Kier alpha value is -1.99. The summed E-state index contributed by atoms with van der Waals surface area (Å²) in [5.74, 6) is 2.54. The number of likely N-dealkylation sites (tertiary alicyclic amines) is 1. The van der Waals surface area contributed by atoms with Gasteiger partial charge in [-0.1, -0.05) is 6.07 Å². The Morgan fingerprint density at radius 3 is 2.77 bits per heavy atom. The van der Waals surface area contributed by atoms with Gasteiger partial charge in [-0.15, -0.1) is 0 Å². The molecule has 30 heavy (non-hydrogen) atoms. The lowest BCUT2D eigenvalue weighted by molar-refractivity contribution is -0.0367. The van der Waals surface area contributed by atoms with Gasteiger partial charge in [0.15, 0.2) is 5.96 Å². The van der Waals surface area contributed by atoms with E-state index in [1.54, 1.807) is 7.11 Å². The molecule has 0 bridgehead atoms. The Morgan fingerprint density at radius 1 is 1.27 bits per heavy atom. The molecule has 2 aliphatic rings. The van der Waals surface area contributed by atoms with E-state index in [-0.39, 0.29) is 6.10 Å². The van der Waals surface area contributed by atoms with Crippen LogP contribution in [-0.4, -0.2) is 75.7 Å². The molecule has 2 atom stereocenters. The average molecular weight is 420 g/mol. The lowest BCUT2D eigenvalue weighted by atomic mass is 10.1. The van der Waals surface area contributed by atoms with Crippen molar-refractivity contribution in [1.29, 1.82) is 0 Å². The van der Waals surface area contributed by atoms with Crippen LogP contribution in [0.4, 0.5) is 0 Å². The molecular formula is C23H37N3O4. The number of piperidine rings is 1. The minimum atomic E-state index is -0.0296. The van der Waals surface area contributed by atoms with Gasteiger partial charge in [-0.25, -0.2) is 4.99 Å². The van der Waals surface area contributed by atoms with Gasteiger partial charge >= 0.3 is 0 Å². The number of aliphatic imine (C=N–C) groups is 1. The highest BCUT2D eigenvalue weighted by atomic mass is 16.5. The Morgan fingerprint density at radius 2 is 2.07 bits per heavy atom. The standard InChI is InChI=1S/C23H37N3O4/c1-4-24-23(25-16-18(2)30-21-8-5-7-20(15-21)27-3)26-12-10-19(11-13-26)29-17-22-9-6-14-28-22/h5,7-8,15,18-19,22H,4,6,9-14,16-17H2,1-3H3,(H,24,25). The summed E-state index contributed by atoms with van der Waals surface area (Å²) in [6.07, 6.45) is 4.93. The molecule has 1 N–H and O–H groups in total. The van der Waals surface area contributed by atoms with Crippen LogP contribution in [0.15, 0.2) is 29.3 Å². The van der Waals surface area contributed by atoms with E-state index in [9.17, 15) is 0 Å². The van der Waals surface area contributed by atoms with Crippen LogP contribution in [0.3, 0.4) is 0 Å². The third-order valence-corrected chi connectivity index (χ3v) is 5.49. The van der Waals surface area contributed by atoms with E-state index >= 15 is 0 Å². The van der Waals surface area contributed by atoms with Crippen molar-refractivity contribution in [2.24, 2.45) is 4.99 Å². The molecular weight excluding hydrogens is 382 g/mol. The third kappa shape index (κ3) is 7.06. The van der Waals surface area contributed by atoms with Crippen molar-refractivity contribution in [2.75, 3.05) is 46.5 Å². The van der Waals surface area contributed by atoms with Crippen molar-refractivity contribution < 1.29 is 18.9 Å². The maximum atomic E-state index is 6.10. The van der Waals surface area contributed by atoms with Gasteiger partial charge in [0.1, 0.15) is 17.6 Å². The fourth-order valence-corrected chi connectivity index (χ4v) is 3.84. The number of methoxy groups -OCH3 is 1. The monoisotopic (exact) mass is 419 g/mol. The third-order valence-electron chi connectivity index (χ3n) is 5.49. The second-order valence-electron chi connectivity index (χ2n) is 7.96. The predicted molar refractivity (Wildman–Crippen MR) is 119 cm³/mol. The van der Waals surface area contributed by atoms with Gasteiger partial charge in [0.2, 0.25) is 0 Å². The highest BCUT2D eigenvalue weighted by molar-refractivity contribution is 5.80. The zero-order valence-corrected chi connectivity index (χ0v) is 18.6. The quantitative estimate of drug-likeness (QED) is 0.490. The van der Waals surface area contributed by atoms with Gasteiger partial charge in [-0.05, 0) is 51.7 Å². The van der Waals surface area contributed by atoms with E-state index in [0.29, 0.717) is 18.8 Å². The summed E-state index contributed by atoms with van der Waals surface area (Å²) in [6, 6.07) is 7.68. The first-order valence-corrected chi connectivity index (χ1v) is 11.2. The summed E-state index contributed by atoms with van der Waals surface area (Å²) in [5.41, 5.74) is 0. The molecule has 7 nitrogen and oxygen atoms in total. The summed E-state index contributed by atoms with van der Waals surface area (Å²) in [5, 5.41) is 3.42. The number of nitrogens with one attached hydrogen (secondary N) is 1. The maximum Gasteiger partial charge on any atom is 0.194 e. The van der Waals surface area contributed by atoms with Crippen molar-refractivity contribution in [3.8, 4) is 11.5 Å². The van der Waals surface area contributed by atoms with Crippen LogP contribution in [0.1, 0.15) is 39.5 Å². The Labute approximate surface area is 180 Å². The van der Waals surface area contributed by atoms with Gasteiger partial charge in [0.25, 0.3) is 0 Å². The summed E-state index contributed by atoms with van der Waals surface area (Å²) in [4.78, 5) is 7.15. The summed E-state index contributed by atoms with van der Waals surface area (Å²) >= 11 is 0. The molecule has 0 amide bonds. The first kappa shape index (κ1) is 22.7. The number of nitrogens with zero attached hydrogens (tertiary/aromatic N) is 2. The molecule has 1 aromatic rings. The fraction of sp³-hybridized carbons (Fsp3) is 0.696. The Kier molecular flexibility index (Phi) is 9.08. The lowest BCUT2D eigenvalue weighted by Gasteiger charge is -2.34. The summed E-state index contributed by atoms with van der Waals surface area (Å²) in [6.45, 7) is 9.10. The van der Waals surface area contributed by atoms with Crippen LogP contribution >= 0.6 is 0 Å². The smallest absolute Gasteiger partial charge is 0.194 e. The zero-order chi connectivity index (χ0) is 21.2. The molecule has 3 rings (SSSR count). The van der Waals surface area contributed by atoms with E-state index in [1.165, 1.54) is 0 Å². The topological polar surface area (TPSA) is 64.6 Å². The first-order valence-electron chi connectivity index (χ1n) is 11.2. The summed E-state index contributed by atoms with van der Waals surface area (Å²) in [7, 11) is 1.66. The second-order valence-corrected chi connectivity index (χ2v) is 7.96. The molecule has 168 valence electrons. The van der Waals surface area contributed by atoms with E-state index in [2.05, 4.69) is 17.1 Å². The SMILES string of the molecule is CCNC(=NCC(C)Oc1cccc(OC)c1)N1CCC(OCC2CCCO2)CC1. The molecule has 2 unspecified atom stereocenters. The van der Waals surface area contributed by atoms with Crippen molar-refractivity contribution in [3.05, 3.63) is 24.3 Å². The molecule has 0 saturated carbocycles. The summed E-state index contributed by atoms with van der Waals surface area (Å²) < 4.78 is 23.0. The number of hydrogen-bond acceptors (Lipinski definition) is 5. The van der Waals surface area contributed by atoms with Gasteiger partial charge in [-0.2, -0.15) is 0 Å². The Bertz CT molecular complexity index is 656. The van der Waals surface area contributed by atoms with Crippen molar-refractivity contribution in [2.45, 2.75) is 57.8 Å². The Balaban J connectivity index is 1.45. The molecule has 2 aliphatic heterocycles. The highest BCUT2D eigenvalue weighted by Gasteiger charge is 2.24. The molecule has 2 saturated heterocycles. The second kappa shape index (κ2) is 12.0. The van der Waals surface area contributed by atoms with Crippen LogP contribution in [0.2, 0.25) is 0 Å². The van der Waals surface area contributed by atoms with Crippen LogP contribution < -0.4 is 14.8 Å². The van der Waals surface area contributed by atoms with Crippen LogP contribution in [0.5, 0.6) is 11.5 Å². The number of rotatable bonds is 9. The highest BCUT2D eigenvalue weighted by Crippen LogP contribution is 2.20. The number of ether oxygens (including phenoxy) is 4. The number of guanidine groups is 1. The average Bonchev–Trinajstić information content (AvgIpc) is 3.29. The minimum absolute atomic E-state index is 0.0296. The largest absolute Gasteiger partial charge is 0.497 e. The van der Waals surface area contributed by atoms with Crippen LogP contribution in [0, 0.1) is 0 Å². The molecule has 1 aromatic carbocycles. The first-order chi connectivity index (χ1) is 14.7. The van der Waals surface area contributed by atoms with Gasteiger partial charge in [0, 0.05) is 32.3 Å². The minimum Gasteiger partial charge on any atom is -0.497 e. The van der Waals surface area contributed by atoms with Gasteiger partial charge in [0.05, 0.1) is 32.5 Å². The normalized spacial score (nSPS) is 21.5. The number of benzene rings is 1. The lowest BCUT2D eigenvalue weighted by Crippen LogP contribution is -2.47. The number of hydrogen-bond donors (Lipinski definition) is 1. The van der Waals surface area contributed by atoms with E-state index in [1.807, 2.05) is 31.2 Å². The molecule has 7 heteroatoms. The molecule has 0 spiro atoms. The van der Waals surface area contributed by atoms with Gasteiger partial charge < -0.3 is 29.2 Å². The van der Waals surface area contributed by atoms with Crippen LogP contribution in [0.25, 0.3) is 0 Å². The van der Waals surface area contributed by atoms with Crippen molar-refractivity contribution in [1.82, 2.24) is 10.2 Å². The van der Waals surface area contributed by atoms with Crippen molar-refractivity contribution >= 4 is 5.96 Å².